The predicted molar refractivity (Wildman–Crippen MR) is 94.5 cm³/mol. The van der Waals surface area contributed by atoms with E-state index in [-0.39, 0.29) is 5.56 Å². The number of aromatic nitrogens is 4. The number of nitrogens with zero attached hydrogens (tertiary/aromatic N) is 3. The van der Waals surface area contributed by atoms with Crippen LogP contribution < -0.4 is 10.9 Å². The number of para-hydroxylation sites is 1. The molecule has 0 unspecified atom stereocenters. The molecule has 118 valence electrons. The van der Waals surface area contributed by atoms with Crippen LogP contribution in [0.15, 0.2) is 66.0 Å². The van der Waals surface area contributed by atoms with E-state index < -0.39 is 0 Å². The van der Waals surface area contributed by atoms with E-state index >= 15 is 0 Å². The minimum atomic E-state index is -0.171. The highest BCUT2D eigenvalue weighted by Crippen LogP contribution is 2.29. The Morgan fingerprint density at radius 1 is 1.08 bits per heavy atom. The summed E-state index contributed by atoms with van der Waals surface area (Å²) in [6, 6.07) is 13.6. The number of H-pyrrole nitrogens is 1. The molecule has 0 bridgehead atoms. The molecule has 4 rings (SSSR count). The Labute approximate surface area is 137 Å². The highest BCUT2D eigenvalue weighted by atomic mass is 16.1. The van der Waals surface area contributed by atoms with Crippen molar-refractivity contribution in [3.05, 3.63) is 71.5 Å². The molecule has 3 aromatic heterocycles. The summed E-state index contributed by atoms with van der Waals surface area (Å²) in [5.41, 5.74) is 3.70. The monoisotopic (exact) mass is 317 g/mol. The van der Waals surface area contributed by atoms with Gasteiger partial charge >= 0.3 is 0 Å². The largest absolute Gasteiger partial charge is 0.373 e. The normalized spacial score (nSPS) is 10.9. The SMILES string of the molecule is CNc1ccc(-c2cn(-c3ccccc3)c3c(=O)[nH]cnc23)cn1. The Morgan fingerprint density at radius 2 is 1.92 bits per heavy atom. The van der Waals surface area contributed by atoms with E-state index in [9.17, 15) is 4.79 Å². The molecule has 0 aliphatic rings. The molecule has 6 heteroatoms. The number of hydrogen-bond acceptors (Lipinski definition) is 4. The number of pyridine rings is 1. The maximum Gasteiger partial charge on any atom is 0.275 e. The lowest BCUT2D eigenvalue weighted by atomic mass is 10.1. The standard InChI is InChI=1S/C18H15N5O/c1-19-15-8-7-12(9-20-15)14-10-23(13-5-3-2-4-6-13)17-16(14)21-11-22-18(17)24/h2-11H,1H3,(H,19,20)(H,21,22,24). The predicted octanol–water partition coefficient (Wildman–Crippen LogP) is 2.82. The van der Waals surface area contributed by atoms with Crippen LogP contribution in [0.5, 0.6) is 0 Å². The summed E-state index contributed by atoms with van der Waals surface area (Å²) >= 11 is 0. The van der Waals surface area contributed by atoms with Gasteiger partial charge in [0.1, 0.15) is 16.9 Å². The number of nitrogens with one attached hydrogen (secondary N) is 2. The Kier molecular flexibility index (Phi) is 3.35. The second-order valence-corrected chi connectivity index (χ2v) is 5.36. The summed E-state index contributed by atoms with van der Waals surface area (Å²) in [5.74, 6) is 0.788. The molecule has 4 aromatic rings. The van der Waals surface area contributed by atoms with Crippen LogP contribution in [-0.4, -0.2) is 26.6 Å². The van der Waals surface area contributed by atoms with E-state index in [0.717, 1.165) is 22.6 Å². The fourth-order valence-electron chi connectivity index (χ4n) is 2.77. The summed E-state index contributed by atoms with van der Waals surface area (Å²) in [7, 11) is 1.82. The van der Waals surface area contributed by atoms with Crippen LogP contribution in [-0.2, 0) is 0 Å². The van der Waals surface area contributed by atoms with Crippen molar-refractivity contribution in [3.8, 4) is 16.8 Å². The fourth-order valence-corrected chi connectivity index (χ4v) is 2.77. The molecule has 0 fully saturated rings. The zero-order valence-corrected chi connectivity index (χ0v) is 13.0. The second kappa shape index (κ2) is 5.66. The van der Waals surface area contributed by atoms with E-state index in [0.29, 0.717) is 11.0 Å². The van der Waals surface area contributed by atoms with Gasteiger partial charge in [0.2, 0.25) is 0 Å². The molecule has 0 atom stereocenters. The Balaban J connectivity index is 2.00. The van der Waals surface area contributed by atoms with Crippen LogP contribution in [0.3, 0.4) is 0 Å². The number of hydrogen-bond donors (Lipinski definition) is 2. The van der Waals surface area contributed by atoms with Gasteiger partial charge in [-0.15, -0.1) is 0 Å². The lowest BCUT2D eigenvalue weighted by Gasteiger charge is -2.03. The molecule has 0 saturated carbocycles. The van der Waals surface area contributed by atoms with Gasteiger partial charge in [0, 0.05) is 36.3 Å². The number of anilines is 1. The van der Waals surface area contributed by atoms with Crippen LogP contribution in [0.4, 0.5) is 5.82 Å². The molecular weight excluding hydrogens is 302 g/mol. The third-order valence-electron chi connectivity index (χ3n) is 3.95. The van der Waals surface area contributed by atoms with Gasteiger partial charge in [-0.1, -0.05) is 18.2 Å². The first-order valence-corrected chi connectivity index (χ1v) is 7.56. The minimum absolute atomic E-state index is 0.171. The first-order chi connectivity index (χ1) is 11.8. The van der Waals surface area contributed by atoms with Crippen molar-refractivity contribution in [2.24, 2.45) is 0 Å². The molecule has 0 aliphatic heterocycles. The Bertz CT molecular complexity index is 1050. The molecule has 0 amide bonds. The first kappa shape index (κ1) is 14.2. The van der Waals surface area contributed by atoms with Gasteiger partial charge in [0.15, 0.2) is 0 Å². The third-order valence-corrected chi connectivity index (χ3v) is 3.95. The van der Waals surface area contributed by atoms with Crippen molar-refractivity contribution >= 4 is 16.9 Å². The molecule has 1 aromatic carbocycles. The number of rotatable bonds is 3. The van der Waals surface area contributed by atoms with Gasteiger partial charge < -0.3 is 14.9 Å². The second-order valence-electron chi connectivity index (χ2n) is 5.36. The molecule has 24 heavy (non-hydrogen) atoms. The third kappa shape index (κ3) is 2.25. The van der Waals surface area contributed by atoms with Crippen LogP contribution in [0, 0.1) is 0 Å². The van der Waals surface area contributed by atoms with Crippen molar-refractivity contribution in [1.29, 1.82) is 0 Å². The molecule has 2 N–H and O–H groups in total. The van der Waals surface area contributed by atoms with Gasteiger partial charge in [-0.2, -0.15) is 0 Å². The zero-order chi connectivity index (χ0) is 16.5. The average Bonchev–Trinajstić information content (AvgIpc) is 3.04. The van der Waals surface area contributed by atoms with Gasteiger partial charge in [0.25, 0.3) is 5.56 Å². The molecular formula is C18H15N5O. The van der Waals surface area contributed by atoms with Gasteiger partial charge in [0.05, 0.1) is 6.33 Å². The van der Waals surface area contributed by atoms with Crippen molar-refractivity contribution in [2.75, 3.05) is 12.4 Å². The van der Waals surface area contributed by atoms with Crippen molar-refractivity contribution in [3.63, 3.8) is 0 Å². The minimum Gasteiger partial charge on any atom is -0.373 e. The summed E-state index contributed by atoms with van der Waals surface area (Å²) in [5, 5.41) is 3.00. The zero-order valence-electron chi connectivity index (χ0n) is 13.0. The molecule has 0 radical (unpaired) electrons. The van der Waals surface area contributed by atoms with E-state index in [1.807, 2.05) is 60.3 Å². The Hall–Kier alpha value is -3.41. The first-order valence-electron chi connectivity index (χ1n) is 7.56. The smallest absolute Gasteiger partial charge is 0.275 e. The van der Waals surface area contributed by atoms with Crippen molar-refractivity contribution in [1.82, 2.24) is 19.5 Å². The van der Waals surface area contributed by atoms with Crippen molar-refractivity contribution < 1.29 is 0 Å². The summed E-state index contributed by atoms with van der Waals surface area (Å²) in [4.78, 5) is 23.8. The summed E-state index contributed by atoms with van der Waals surface area (Å²) in [6.45, 7) is 0. The topological polar surface area (TPSA) is 75.6 Å². The highest BCUT2D eigenvalue weighted by molar-refractivity contribution is 5.93. The molecule has 3 heterocycles. The number of fused-ring (bicyclic) bond motifs is 1. The fraction of sp³-hybridized carbons (Fsp3) is 0.0556. The molecule has 0 spiro atoms. The highest BCUT2D eigenvalue weighted by Gasteiger charge is 2.15. The summed E-state index contributed by atoms with van der Waals surface area (Å²) in [6.07, 6.45) is 5.13. The Morgan fingerprint density at radius 3 is 2.62 bits per heavy atom. The number of aromatic amines is 1. The van der Waals surface area contributed by atoms with E-state index in [2.05, 4.69) is 20.3 Å². The van der Waals surface area contributed by atoms with Crippen LogP contribution in [0.2, 0.25) is 0 Å². The van der Waals surface area contributed by atoms with Crippen LogP contribution in [0.1, 0.15) is 0 Å². The molecule has 0 aliphatic carbocycles. The van der Waals surface area contributed by atoms with E-state index in [1.165, 1.54) is 6.33 Å². The lowest BCUT2D eigenvalue weighted by molar-refractivity contribution is 1.08. The summed E-state index contributed by atoms with van der Waals surface area (Å²) < 4.78 is 1.86. The van der Waals surface area contributed by atoms with Crippen LogP contribution >= 0.6 is 0 Å². The van der Waals surface area contributed by atoms with Gasteiger partial charge in [-0.3, -0.25) is 4.79 Å². The lowest BCUT2D eigenvalue weighted by Crippen LogP contribution is -2.09. The van der Waals surface area contributed by atoms with E-state index in [1.54, 1.807) is 6.20 Å². The maximum atomic E-state index is 12.4. The average molecular weight is 317 g/mol. The van der Waals surface area contributed by atoms with Gasteiger partial charge in [-0.25, -0.2) is 9.97 Å². The quantitative estimate of drug-likeness (QED) is 0.609. The van der Waals surface area contributed by atoms with Gasteiger partial charge in [-0.05, 0) is 24.3 Å². The number of benzene rings is 1. The maximum absolute atomic E-state index is 12.4. The molecule has 0 saturated heterocycles. The molecule has 6 nitrogen and oxygen atoms in total. The van der Waals surface area contributed by atoms with E-state index in [4.69, 9.17) is 0 Å². The van der Waals surface area contributed by atoms with Crippen LogP contribution in [0.25, 0.3) is 27.8 Å². The van der Waals surface area contributed by atoms with Crippen molar-refractivity contribution in [2.45, 2.75) is 0 Å².